The van der Waals surface area contributed by atoms with Crippen molar-refractivity contribution in [3.05, 3.63) is 35.9 Å². The first-order valence-corrected chi connectivity index (χ1v) is 6.30. The van der Waals surface area contributed by atoms with E-state index >= 15 is 0 Å². The Balaban J connectivity index is 0. The maximum Gasteiger partial charge on any atom is -0.0307 e. The van der Waals surface area contributed by atoms with Crippen LogP contribution in [0.25, 0.3) is 0 Å². The fourth-order valence-corrected chi connectivity index (χ4v) is 0.714. The third kappa shape index (κ3) is 15.9. The van der Waals surface area contributed by atoms with Crippen molar-refractivity contribution in [2.24, 2.45) is 0 Å². The predicted molar refractivity (Wildman–Crippen MR) is 72.4 cm³/mol. The van der Waals surface area contributed by atoms with Crippen LogP contribution in [0, 0.1) is 0 Å². The first-order chi connectivity index (χ1) is 7.26. The molecule has 0 bridgehead atoms. The Bertz CT molecular complexity index is 174. The Morgan fingerprint density at radius 2 is 1.13 bits per heavy atom. The van der Waals surface area contributed by atoms with Crippen molar-refractivity contribution in [3.8, 4) is 0 Å². The zero-order valence-electron chi connectivity index (χ0n) is 11.2. The van der Waals surface area contributed by atoms with Crippen molar-refractivity contribution < 1.29 is 0 Å². The van der Waals surface area contributed by atoms with Crippen molar-refractivity contribution in [2.75, 3.05) is 0 Å². The van der Waals surface area contributed by atoms with E-state index in [2.05, 4.69) is 58.9 Å². The monoisotopic (exact) mass is 208 g/mol. The molecular weight excluding hydrogens is 180 g/mol. The van der Waals surface area contributed by atoms with Gasteiger partial charge in [0.15, 0.2) is 0 Å². The van der Waals surface area contributed by atoms with Crippen LogP contribution in [0.5, 0.6) is 0 Å². The van der Waals surface area contributed by atoms with Crippen LogP contribution in [0.15, 0.2) is 30.3 Å². The summed E-state index contributed by atoms with van der Waals surface area (Å²) in [6.07, 6.45) is 5.03. The van der Waals surface area contributed by atoms with Gasteiger partial charge in [-0.2, -0.15) is 0 Å². The Labute approximate surface area is 96.7 Å². The van der Waals surface area contributed by atoms with Crippen molar-refractivity contribution in [1.82, 2.24) is 0 Å². The van der Waals surface area contributed by atoms with E-state index in [4.69, 9.17) is 0 Å². The Hall–Kier alpha value is -0.780. The van der Waals surface area contributed by atoms with Gasteiger partial charge in [-0.1, -0.05) is 84.2 Å². The molecule has 0 N–H and O–H groups in total. The lowest BCUT2D eigenvalue weighted by Gasteiger charge is -1.89. The van der Waals surface area contributed by atoms with E-state index in [9.17, 15) is 0 Å². The quantitative estimate of drug-likeness (QED) is 0.604. The number of benzene rings is 1. The number of hydrogen-bond acceptors (Lipinski definition) is 0. The van der Waals surface area contributed by atoms with Gasteiger partial charge < -0.3 is 0 Å². The van der Waals surface area contributed by atoms with Crippen LogP contribution in [0.4, 0.5) is 0 Å². The van der Waals surface area contributed by atoms with Gasteiger partial charge in [-0.3, -0.25) is 0 Å². The summed E-state index contributed by atoms with van der Waals surface area (Å²) in [6.45, 7) is 10.8. The first-order valence-electron chi connectivity index (χ1n) is 6.30. The molecule has 1 rings (SSSR count). The molecule has 0 aromatic heterocycles. The maximum atomic E-state index is 2.18. The van der Waals surface area contributed by atoms with E-state index < -0.39 is 0 Å². The lowest BCUT2D eigenvalue weighted by atomic mass is 10.2. The maximum absolute atomic E-state index is 2.18. The van der Waals surface area contributed by atoms with E-state index in [1.54, 1.807) is 0 Å². The third-order valence-electron chi connectivity index (χ3n) is 1.75. The van der Waals surface area contributed by atoms with Crippen LogP contribution in [0.1, 0.15) is 59.4 Å². The molecule has 0 saturated heterocycles. The van der Waals surface area contributed by atoms with Crippen LogP contribution < -0.4 is 0 Å². The number of rotatable bonds is 2. The summed E-state index contributed by atoms with van der Waals surface area (Å²) in [5.74, 6) is 0. The second kappa shape index (κ2) is 15.7. The van der Waals surface area contributed by atoms with Crippen LogP contribution >= 0.6 is 0 Å². The minimum atomic E-state index is 1.14. The Morgan fingerprint density at radius 3 is 1.33 bits per heavy atom. The molecule has 88 valence electrons. The number of aryl methyl sites for hydroxylation is 1. The smallest absolute Gasteiger partial charge is 0.0307 e. The fraction of sp³-hybridized carbons (Fsp3) is 0.600. The molecule has 15 heavy (non-hydrogen) atoms. The fourth-order valence-electron chi connectivity index (χ4n) is 0.714. The summed E-state index contributed by atoms with van der Waals surface area (Å²) in [7, 11) is 0. The minimum Gasteiger partial charge on any atom is -0.0656 e. The van der Waals surface area contributed by atoms with Gasteiger partial charge in [0.05, 0.1) is 0 Å². The molecule has 0 heteroatoms. The van der Waals surface area contributed by atoms with Gasteiger partial charge in [-0.15, -0.1) is 0 Å². The van der Waals surface area contributed by atoms with Gasteiger partial charge in [0.2, 0.25) is 0 Å². The van der Waals surface area contributed by atoms with Crippen LogP contribution in [0.3, 0.4) is 0 Å². The molecule has 0 nitrogen and oxygen atoms in total. The SMILES string of the molecule is CCC.CCCC.CCc1ccccc1. The zero-order valence-corrected chi connectivity index (χ0v) is 11.2. The summed E-state index contributed by atoms with van der Waals surface area (Å²) in [6, 6.07) is 10.5. The van der Waals surface area contributed by atoms with Crippen molar-refractivity contribution >= 4 is 0 Å². The second-order valence-corrected chi connectivity index (χ2v) is 3.55. The molecule has 0 aliphatic heterocycles. The average molecular weight is 208 g/mol. The standard InChI is InChI=1S/C8H10.C4H10.C3H8/c1-2-8-6-4-3-5-7-8;1-3-4-2;1-3-2/h3-7H,2H2,1H3;3-4H2,1-2H3;3H2,1-2H3. The Kier molecular flexibility index (Phi) is 17.4. The highest BCUT2D eigenvalue weighted by molar-refractivity contribution is 5.13. The van der Waals surface area contributed by atoms with Crippen molar-refractivity contribution in [1.29, 1.82) is 0 Å². The summed E-state index contributed by atoms with van der Waals surface area (Å²) < 4.78 is 0. The van der Waals surface area contributed by atoms with Crippen LogP contribution in [-0.2, 0) is 6.42 Å². The van der Waals surface area contributed by atoms with E-state index in [1.165, 1.54) is 24.8 Å². The normalized spacial score (nSPS) is 8.07. The lowest BCUT2D eigenvalue weighted by molar-refractivity contribution is 0.886. The molecule has 0 spiro atoms. The van der Waals surface area contributed by atoms with Gasteiger partial charge in [0, 0.05) is 0 Å². The minimum absolute atomic E-state index is 1.14. The Morgan fingerprint density at radius 1 is 0.733 bits per heavy atom. The van der Waals surface area contributed by atoms with E-state index in [0.717, 1.165) is 6.42 Å². The van der Waals surface area contributed by atoms with Gasteiger partial charge in [0.1, 0.15) is 0 Å². The van der Waals surface area contributed by atoms with E-state index in [-0.39, 0.29) is 0 Å². The molecule has 0 saturated carbocycles. The number of hydrogen-bond donors (Lipinski definition) is 0. The molecule has 1 aromatic rings. The van der Waals surface area contributed by atoms with E-state index in [1.807, 2.05) is 6.07 Å². The van der Waals surface area contributed by atoms with Gasteiger partial charge in [-0.05, 0) is 12.0 Å². The van der Waals surface area contributed by atoms with Gasteiger partial charge in [0.25, 0.3) is 0 Å². The molecule has 0 aliphatic carbocycles. The summed E-state index contributed by atoms with van der Waals surface area (Å²) in [5.41, 5.74) is 1.41. The molecule has 0 fully saturated rings. The molecular formula is C15H28. The van der Waals surface area contributed by atoms with Crippen molar-refractivity contribution in [3.63, 3.8) is 0 Å². The van der Waals surface area contributed by atoms with Gasteiger partial charge in [-0.25, -0.2) is 0 Å². The molecule has 0 heterocycles. The first kappa shape index (κ1) is 16.6. The molecule has 0 aliphatic rings. The largest absolute Gasteiger partial charge is 0.0656 e. The summed E-state index contributed by atoms with van der Waals surface area (Å²) in [4.78, 5) is 0. The zero-order chi connectivity index (χ0) is 11.9. The molecule has 1 aromatic carbocycles. The van der Waals surface area contributed by atoms with Gasteiger partial charge >= 0.3 is 0 Å². The molecule has 0 amide bonds. The molecule has 0 radical (unpaired) electrons. The summed E-state index contributed by atoms with van der Waals surface area (Å²) >= 11 is 0. The lowest BCUT2D eigenvalue weighted by Crippen LogP contribution is -1.73. The summed E-state index contributed by atoms with van der Waals surface area (Å²) in [5, 5.41) is 0. The second-order valence-electron chi connectivity index (χ2n) is 3.55. The van der Waals surface area contributed by atoms with Crippen molar-refractivity contribution in [2.45, 2.75) is 60.3 Å². The highest BCUT2D eigenvalue weighted by Crippen LogP contribution is 1.96. The van der Waals surface area contributed by atoms with E-state index in [0.29, 0.717) is 0 Å². The third-order valence-corrected chi connectivity index (χ3v) is 1.75. The topological polar surface area (TPSA) is 0 Å². The number of unbranched alkanes of at least 4 members (excludes halogenated alkanes) is 1. The highest BCUT2D eigenvalue weighted by Gasteiger charge is 1.79. The highest BCUT2D eigenvalue weighted by atomic mass is 13.9. The molecule has 0 unspecified atom stereocenters. The molecule has 0 atom stereocenters. The average Bonchev–Trinajstić information content (AvgIpc) is 2.31. The predicted octanol–water partition coefficient (Wildman–Crippen LogP) is 5.47. The van der Waals surface area contributed by atoms with Crippen LogP contribution in [0.2, 0.25) is 0 Å². The van der Waals surface area contributed by atoms with Crippen LogP contribution in [-0.4, -0.2) is 0 Å².